The zero-order chi connectivity index (χ0) is 15.2. The van der Waals surface area contributed by atoms with Crippen LogP contribution in [0.2, 0.25) is 0 Å². The van der Waals surface area contributed by atoms with E-state index in [0.29, 0.717) is 12.0 Å². The second kappa shape index (κ2) is 7.71. The van der Waals surface area contributed by atoms with Crippen LogP contribution in [0.1, 0.15) is 51.0 Å². The molecule has 21 heavy (non-hydrogen) atoms. The average molecular weight is 292 g/mol. The lowest BCUT2D eigenvalue weighted by Crippen LogP contribution is -2.26. The van der Waals surface area contributed by atoms with Gasteiger partial charge in [-0.2, -0.15) is 0 Å². The Morgan fingerprint density at radius 1 is 1.48 bits per heavy atom. The van der Waals surface area contributed by atoms with Crippen LogP contribution < -0.4 is 10.2 Å². The van der Waals surface area contributed by atoms with Crippen molar-refractivity contribution in [3.8, 4) is 0 Å². The molecule has 1 fully saturated rings. The van der Waals surface area contributed by atoms with E-state index in [1.54, 1.807) is 7.11 Å². The minimum atomic E-state index is 0.325. The highest BCUT2D eigenvalue weighted by atomic mass is 16.5. The highest BCUT2D eigenvalue weighted by molar-refractivity contribution is 5.50. The third-order valence-electron chi connectivity index (χ3n) is 3.92. The van der Waals surface area contributed by atoms with E-state index in [-0.39, 0.29) is 0 Å². The topological polar surface area (TPSA) is 50.3 Å². The van der Waals surface area contributed by atoms with Gasteiger partial charge in [-0.25, -0.2) is 9.97 Å². The van der Waals surface area contributed by atoms with Gasteiger partial charge in [0.1, 0.15) is 5.82 Å². The van der Waals surface area contributed by atoms with Gasteiger partial charge in [0.2, 0.25) is 0 Å². The summed E-state index contributed by atoms with van der Waals surface area (Å²) < 4.78 is 5.47. The SMILES string of the molecule is CCCNCc1nc(C(C)C)ncc1N1CCC(OC)C1. The summed E-state index contributed by atoms with van der Waals surface area (Å²) in [6.45, 7) is 10.2. The molecule has 1 aliphatic rings. The van der Waals surface area contributed by atoms with E-state index in [1.165, 1.54) is 0 Å². The van der Waals surface area contributed by atoms with Gasteiger partial charge in [-0.3, -0.25) is 0 Å². The Bertz CT molecular complexity index is 450. The van der Waals surface area contributed by atoms with Crippen LogP contribution in [0, 0.1) is 0 Å². The Kier molecular flexibility index (Phi) is 5.94. The van der Waals surface area contributed by atoms with Crippen LogP contribution in [-0.4, -0.2) is 42.8 Å². The van der Waals surface area contributed by atoms with E-state index in [1.807, 2.05) is 6.20 Å². The van der Waals surface area contributed by atoms with Crippen LogP contribution >= 0.6 is 0 Å². The second-order valence-corrected chi connectivity index (χ2v) is 5.98. The first-order valence-corrected chi connectivity index (χ1v) is 8.00. The van der Waals surface area contributed by atoms with E-state index in [0.717, 1.165) is 56.2 Å². The van der Waals surface area contributed by atoms with Crippen molar-refractivity contribution in [1.82, 2.24) is 15.3 Å². The average Bonchev–Trinajstić information content (AvgIpc) is 2.96. The zero-order valence-corrected chi connectivity index (χ0v) is 13.7. The molecule has 2 heterocycles. The largest absolute Gasteiger partial charge is 0.380 e. The number of aromatic nitrogens is 2. The van der Waals surface area contributed by atoms with Gasteiger partial charge in [0, 0.05) is 32.7 Å². The molecule has 1 atom stereocenters. The standard InChI is InChI=1S/C16H28N4O/c1-5-7-17-9-14-15(10-18-16(19-14)12(2)3)20-8-6-13(11-20)21-4/h10,12-13,17H,5-9,11H2,1-4H3. The number of hydrogen-bond acceptors (Lipinski definition) is 5. The normalized spacial score (nSPS) is 18.7. The molecule has 0 amide bonds. The van der Waals surface area contributed by atoms with E-state index in [9.17, 15) is 0 Å². The molecule has 118 valence electrons. The predicted octanol–water partition coefficient (Wildman–Crippen LogP) is 2.32. The summed E-state index contributed by atoms with van der Waals surface area (Å²) in [5.74, 6) is 1.28. The van der Waals surface area contributed by atoms with Crippen LogP contribution in [0.4, 0.5) is 5.69 Å². The number of ether oxygens (including phenoxy) is 1. The van der Waals surface area contributed by atoms with E-state index in [2.05, 4.69) is 36.0 Å². The van der Waals surface area contributed by atoms with E-state index < -0.39 is 0 Å². The fourth-order valence-corrected chi connectivity index (χ4v) is 2.62. The minimum Gasteiger partial charge on any atom is -0.380 e. The maximum absolute atomic E-state index is 5.47. The maximum Gasteiger partial charge on any atom is 0.131 e. The van der Waals surface area contributed by atoms with Crippen molar-refractivity contribution in [2.24, 2.45) is 0 Å². The van der Waals surface area contributed by atoms with Crippen molar-refractivity contribution in [3.63, 3.8) is 0 Å². The molecule has 1 unspecified atom stereocenters. The Morgan fingerprint density at radius 3 is 2.90 bits per heavy atom. The first-order valence-electron chi connectivity index (χ1n) is 8.00. The molecule has 0 aliphatic carbocycles. The molecule has 0 radical (unpaired) electrons. The van der Waals surface area contributed by atoms with Crippen molar-refractivity contribution in [3.05, 3.63) is 17.7 Å². The molecule has 1 aromatic heterocycles. The highest BCUT2D eigenvalue weighted by Crippen LogP contribution is 2.25. The Balaban J connectivity index is 2.18. The summed E-state index contributed by atoms with van der Waals surface area (Å²) in [4.78, 5) is 11.7. The summed E-state index contributed by atoms with van der Waals surface area (Å²) in [5, 5.41) is 3.46. The summed E-state index contributed by atoms with van der Waals surface area (Å²) in [7, 11) is 1.79. The van der Waals surface area contributed by atoms with Gasteiger partial charge < -0.3 is 15.0 Å². The molecule has 1 aliphatic heterocycles. The number of rotatable bonds is 7. The van der Waals surface area contributed by atoms with Gasteiger partial charge in [0.15, 0.2) is 0 Å². The van der Waals surface area contributed by atoms with Gasteiger partial charge in [0.05, 0.1) is 23.7 Å². The smallest absolute Gasteiger partial charge is 0.131 e. The molecule has 1 N–H and O–H groups in total. The Morgan fingerprint density at radius 2 is 2.29 bits per heavy atom. The first-order chi connectivity index (χ1) is 10.2. The highest BCUT2D eigenvalue weighted by Gasteiger charge is 2.25. The number of nitrogens with one attached hydrogen (secondary N) is 1. The molecule has 2 rings (SSSR count). The number of anilines is 1. The van der Waals surface area contributed by atoms with Crippen molar-refractivity contribution in [2.75, 3.05) is 31.6 Å². The third kappa shape index (κ3) is 4.14. The summed E-state index contributed by atoms with van der Waals surface area (Å²) in [6, 6.07) is 0. The van der Waals surface area contributed by atoms with Crippen LogP contribution in [0.3, 0.4) is 0 Å². The van der Waals surface area contributed by atoms with Crippen molar-refractivity contribution in [2.45, 2.75) is 52.2 Å². The van der Waals surface area contributed by atoms with E-state index in [4.69, 9.17) is 9.72 Å². The summed E-state index contributed by atoms with van der Waals surface area (Å²) in [5.41, 5.74) is 2.27. The summed E-state index contributed by atoms with van der Waals surface area (Å²) >= 11 is 0. The number of nitrogens with zero attached hydrogens (tertiary/aromatic N) is 3. The molecule has 0 aromatic carbocycles. The lowest BCUT2D eigenvalue weighted by molar-refractivity contribution is 0.121. The van der Waals surface area contributed by atoms with Gasteiger partial charge in [0.25, 0.3) is 0 Å². The zero-order valence-electron chi connectivity index (χ0n) is 13.7. The van der Waals surface area contributed by atoms with Crippen molar-refractivity contribution < 1.29 is 4.74 Å². The van der Waals surface area contributed by atoms with Gasteiger partial charge >= 0.3 is 0 Å². The van der Waals surface area contributed by atoms with Crippen LogP contribution in [0.25, 0.3) is 0 Å². The van der Waals surface area contributed by atoms with Gasteiger partial charge in [-0.05, 0) is 19.4 Å². The third-order valence-corrected chi connectivity index (χ3v) is 3.92. The molecule has 1 aromatic rings. The van der Waals surface area contributed by atoms with Crippen LogP contribution in [-0.2, 0) is 11.3 Å². The molecule has 1 saturated heterocycles. The molecule has 0 saturated carbocycles. The summed E-state index contributed by atoms with van der Waals surface area (Å²) in [6.07, 6.45) is 4.52. The fourth-order valence-electron chi connectivity index (χ4n) is 2.62. The quantitative estimate of drug-likeness (QED) is 0.782. The molecule has 5 heteroatoms. The Labute approximate surface area is 128 Å². The predicted molar refractivity (Wildman–Crippen MR) is 85.7 cm³/mol. The maximum atomic E-state index is 5.47. The van der Waals surface area contributed by atoms with Gasteiger partial charge in [-0.15, -0.1) is 0 Å². The van der Waals surface area contributed by atoms with Crippen LogP contribution in [0.5, 0.6) is 0 Å². The van der Waals surface area contributed by atoms with Crippen molar-refractivity contribution >= 4 is 5.69 Å². The first kappa shape index (κ1) is 16.2. The fraction of sp³-hybridized carbons (Fsp3) is 0.750. The number of methoxy groups -OCH3 is 1. The second-order valence-electron chi connectivity index (χ2n) is 5.98. The lowest BCUT2D eigenvalue weighted by Gasteiger charge is -2.22. The Hall–Kier alpha value is -1.20. The van der Waals surface area contributed by atoms with Gasteiger partial charge in [-0.1, -0.05) is 20.8 Å². The lowest BCUT2D eigenvalue weighted by atomic mass is 10.2. The minimum absolute atomic E-state index is 0.325. The molecular weight excluding hydrogens is 264 g/mol. The monoisotopic (exact) mass is 292 g/mol. The van der Waals surface area contributed by atoms with Crippen LogP contribution in [0.15, 0.2) is 6.20 Å². The molecular formula is C16H28N4O. The molecule has 0 bridgehead atoms. The van der Waals surface area contributed by atoms with E-state index >= 15 is 0 Å². The molecule has 0 spiro atoms. The van der Waals surface area contributed by atoms with Crippen molar-refractivity contribution in [1.29, 1.82) is 0 Å². The molecule has 5 nitrogen and oxygen atoms in total. The number of hydrogen-bond donors (Lipinski definition) is 1.